The first-order valence-electron chi connectivity index (χ1n) is 14.1. The maximum absolute atomic E-state index is 11.0. The van der Waals surface area contributed by atoms with Gasteiger partial charge >= 0.3 is 0 Å². The Labute approximate surface area is 212 Å². The van der Waals surface area contributed by atoms with Crippen LogP contribution in [0.1, 0.15) is 92.4 Å². The van der Waals surface area contributed by atoms with Gasteiger partial charge in [-0.3, -0.25) is 0 Å². The third kappa shape index (κ3) is 3.30. The molecule has 4 N–H and O–H groups in total. The molecule has 5 heteroatoms. The normalized spacial score (nSPS) is 52.4. The highest BCUT2D eigenvalue weighted by atomic mass is 16.5. The highest BCUT2D eigenvalue weighted by molar-refractivity contribution is 5.35. The molecule has 0 aromatic rings. The average Bonchev–Trinajstić information content (AvgIpc) is 3.11. The van der Waals surface area contributed by atoms with Gasteiger partial charge in [0.05, 0.1) is 31.5 Å². The first-order chi connectivity index (χ1) is 16.3. The molecule has 4 fully saturated rings. The summed E-state index contributed by atoms with van der Waals surface area (Å²) in [4.78, 5) is 0. The molecule has 35 heavy (non-hydrogen) atoms. The van der Waals surface area contributed by atoms with Gasteiger partial charge in [-0.15, -0.1) is 0 Å². The van der Waals surface area contributed by atoms with Crippen molar-refractivity contribution in [3.63, 3.8) is 0 Å². The third-order valence-electron chi connectivity index (χ3n) is 12.9. The Balaban J connectivity index is 1.60. The van der Waals surface area contributed by atoms with Crippen molar-refractivity contribution in [1.29, 1.82) is 0 Å². The van der Waals surface area contributed by atoms with Crippen molar-refractivity contribution in [2.24, 2.45) is 44.3 Å². The van der Waals surface area contributed by atoms with Gasteiger partial charge in [0.15, 0.2) is 0 Å². The van der Waals surface area contributed by atoms with Gasteiger partial charge in [0.1, 0.15) is 0 Å². The molecule has 4 saturated carbocycles. The third-order valence-corrected chi connectivity index (χ3v) is 12.9. The summed E-state index contributed by atoms with van der Waals surface area (Å²) in [7, 11) is 1.85. The first kappa shape index (κ1) is 26.2. The number of fused-ring (bicyclic) bond motifs is 5. The van der Waals surface area contributed by atoms with Crippen molar-refractivity contribution < 1.29 is 25.2 Å². The molecule has 0 heterocycles. The van der Waals surface area contributed by atoms with Crippen LogP contribution >= 0.6 is 0 Å². The molecule has 0 aromatic heterocycles. The second kappa shape index (κ2) is 8.02. The molecule has 1 spiro atoms. The Morgan fingerprint density at radius 3 is 2.14 bits per heavy atom. The standard InChI is InChI=1S/C30H50O5/c1-25(2)9-11-29(16-25)12-10-27(4)19(14-29)21(35-6)13-23-26(3)15-20(33)24(34)30(17-31,18-32)22(26)7-8-28(23,27)5/h14,20-24,31-34H,7-13,15-18H2,1-6H3. The lowest BCUT2D eigenvalue weighted by atomic mass is 9.34. The van der Waals surface area contributed by atoms with Gasteiger partial charge in [0.25, 0.3) is 0 Å². The van der Waals surface area contributed by atoms with E-state index in [-0.39, 0.29) is 47.4 Å². The fourth-order valence-corrected chi connectivity index (χ4v) is 10.8. The van der Waals surface area contributed by atoms with Gasteiger partial charge in [-0.25, -0.2) is 0 Å². The van der Waals surface area contributed by atoms with Crippen LogP contribution in [0.4, 0.5) is 0 Å². The molecular formula is C30H50O5. The van der Waals surface area contributed by atoms with Crippen molar-refractivity contribution in [2.75, 3.05) is 20.3 Å². The Morgan fingerprint density at radius 1 is 0.914 bits per heavy atom. The van der Waals surface area contributed by atoms with Crippen LogP contribution in [0.3, 0.4) is 0 Å². The second-order valence-electron chi connectivity index (χ2n) is 14.9. The molecule has 5 nitrogen and oxygen atoms in total. The maximum Gasteiger partial charge on any atom is 0.0902 e. The van der Waals surface area contributed by atoms with E-state index in [0.29, 0.717) is 17.3 Å². The van der Waals surface area contributed by atoms with Gasteiger partial charge in [-0.1, -0.05) is 40.7 Å². The van der Waals surface area contributed by atoms with E-state index in [1.54, 1.807) is 0 Å². The molecule has 0 aliphatic heterocycles. The maximum atomic E-state index is 11.0. The summed E-state index contributed by atoms with van der Waals surface area (Å²) in [5.74, 6) is 0.230. The summed E-state index contributed by atoms with van der Waals surface area (Å²) in [6.45, 7) is 11.4. The van der Waals surface area contributed by atoms with Crippen LogP contribution in [-0.2, 0) is 4.74 Å². The van der Waals surface area contributed by atoms with Gasteiger partial charge in [-0.05, 0) is 102 Å². The summed E-state index contributed by atoms with van der Waals surface area (Å²) in [5.41, 5.74) is 0.895. The summed E-state index contributed by atoms with van der Waals surface area (Å²) in [5, 5.41) is 43.0. The fraction of sp³-hybridized carbons (Fsp3) is 0.933. The van der Waals surface area contributed by atoms with Gasteiger partial charge in [0, 0.05) is 12.5 Å². The zero-order valence-corrected chi connectivity index (χ0v) is 22.9. The van der Waals surface area contributed by atoms with Gasteiger partial charge in [-0.2, -0.15) is 0 Å². The Kier molecular flexibility index (Phi) is 6.00. The molecule has 5 aliphatic carbocycles. The molecule has 0 aromatic carbocycles. The Morgan fingerprint density at radius 2 is 1.57 bits per heavy atom. The van der Waals surface area contributed by atoms with E-state index in [4.69, 9.17) is 4.74 Å². The van der Waals surface area contributed by atoms with E-state index in [1.165, 1.54) is 37.7 Å². The van der Waals surface area contributed by atoms with Crippen LogP contribution < -0.4 is 0 Å². The summed E-state index contributed by atoms with van der Waals surface area (Å²) >= 11 is 0. The van der Waals surface area contributed by atoms with Crippen molar-refractivity contribution in [3.8, 4) is 0 Å². The molecule has 9 unspecified atom stereocenters. The predicted molar refractivity (Wildman–Crippen MR) is 137 cm³/mol. The van der Waals surface area contributed by atoms with Gasteiger partial charge < -0.3 is 25.2 Å². The van der Waals surface area contributed by atoms with Crippen molar-refractivity contribution >= 4 is 0 Å². The van der Waals surface area contributed by atoms with E-state index in [1.807, 2.05) is 7.11 Å². The Bertz CT molecular complexity index is 878. The number of hydrogen-bond donors (Lipinski definition) is 4. The van der Waals surface area contributed by atoms with Crippen LogP contribution in [0, 0.1) is 44.3 Å². The van der Waals surface area contributed by atoms with Crippen LogP contribution in [0.15, 0.2) is 11.6 Å². The molecule has 5 aliphatic rings. The fourth-order valence-electron chi connectivity index (χ4n) is 10.8. The van der Waals surface area contributed by atoms with E-state index < -0.39 is 17.6 Å². The smallest absolute Gasteiger partial charge is 0.0902 e. The van der Waals surface area contributed by atoms with E-state index in [9.17, 15) is 20.4 Å². The van der Waals surface area contributed by atoms with Crippen LogP contribution in [0.2, 0.25) is 0 Å². The minimum Gasteiger partial charge on any atom is -0.396 e. The largest absolute Gasteiger partial charge is 0.396 e. The predicted octanol–water partition coefficient (Wildman–Crippen LogP) is 4.46. The van der Waals surface area contributed by atoms with E-state index >= 15 is 0 Å². The number of aliphatic hydroxyl groups excluding tert-OH is 4. The SMILES string of the molecule is COC1CC2C3(C)CC(O)C(O)C(CO)(CO)C3CCC2(C)C2(C)CCC3(C=C12)CCC(C)(C)C3. The highest BCUT2D eigenvalue weighted by Gasteiger charge is 2.70. The zero-order chi connectivity index (χ0) is 25.7. The number of rotatable bonds is 3. The lowest BCUT2D eigenvalue weighted by Crippen LogP contribution is -2.70. The van der Waals surface area contributed by atoms with Crippen molar-refractivity contribution in [1.82, 2.24) is 0 Å². The van der Waals surface area contributed by atoms with Crippen LogP contribution in [-0.4, -0.2) is 59.1 Å². The minimum absolute atomic E-state index is 0.0185. The van der Waals surface area contributed by atoms with Crippen LogP contribution in [0.5, 0.6) is 0 Å². The topological polar surface area (TPSA) is 90.2 Å². The molecule has 5 rings (SSSR count). The van der Waals surface area contributed by atoms with E-state index in [2.05, 4.69) is 40.7 Å². The molecule has 0 saturated heterocycles. The van der Waals surface area contributed by atoms with Crippen LogP contribution in [0.25, 0.3) is 0 Å². The second-order valence-corrected chi connectivity index (χ2v) is 14.9. The molecule has 0 amide bonds. The minimum atomic E-state index is -1.10. The lowest BCUT2D eigenvalue weighted by Gasteiger charge is -2.71. The molecule has 0 bridgehead atoms. The summed E-state index contributed by atoms with van der Waals surface area (Å²) < 4.78 is 6.27. The van der Waals surface area contributed by atoms with Crippen molar-refractivity contribution in [2.45, 2.75) is 111 Å². The zero-order valence-electron chi connectivity index (χ0n) is 22.9. The highest BCUT2D eigenvalue weighted by Crippen LogP contribution is 2.75. The summed E-state index contributed by atoms with van der Waals surface area (Å²) in [6.07, 6.45) is 10.1. The molecule has 9 atom stereocenters. The van der Waals surface area contributed by atoms with E-state index in [0.717, 1.165) is 19.3 Å². The molecular weight excluding hydrogens is 440 g/mol. The number of allylic oxidation sites excluding steroid dienone is 1. The summed E-state index contributed by atoms with van der Waals surface area (Å²) in [6, 6.07) is 0. The molecule has 0 radical (unpaired) electrons. The van der Waals surface area contributed by atoms with Crippen molar-refractivity contribution in [3.05, 3.63) is 11.6 Å². The monoisotopic (exact) mass is 490 g/mol. The lowest BCUT2D eigenvalue weighted by molar-refractivity contribution is -0.263. The Hall–Kier alpha value is -0.460. The molecule has 200 valence electrons. The first-order valence-corrected chi connectivity index (χ1v) is 14.1. The quantitative estimate of drug-likeness (QED) is 0.439. The number of aliphatic hydroxyl groups is 4. The number of ether oxygens (including phenoxy) is 1. The van der Waals surface area contributed by atoms with Gasteiger partial charge in [0.2, 0.25) is 0 Å². The average molecular weight is 491 g/mol. The number of hydrogen-bond acceptors (Lipinski definition) is 5. The number of methoxy groups -OCH3 is 1.